The molecule has 0 spiro atoms. The molecule has 3 aromatic rings. The fourth-order valence-electron chi connectivity index (χ4n) is 2.93. The topological polar surface area (TPSA) is 56.4 Å². The number of nitrogens with one attached hydrogen (secondary N) is 1. The van der Waals surface area contributed by atoms with E-state index in [1.807, 2.05) is 32.9 Å². The van der Waals surface area contributed by atoms with Gasteiger partial charge >= 0.3 is 0 Å². The Morgan fingerprint density at radius 3 is 1.96 bits per heavy atom. The normalized spacial score (nSPS) is 11.0. The summed E-state index contributed by atoms with van der Waals surface area (Å²) in [5, 5.41) is 0. The van der Waals surface area contributed by atoms with E-state index in [9.17, 15) is 0 Å². The van der Waals surface area contributed by atoms with Crippen molar-refractivity contribution in [2.75, 3.05) is 19.8 Å². The Morgan fingerprint density at radius 1 is 0.808 bits per heavy atom. The summed E-state index contributed by atoms with van der Waals surface area (Å²) in [6.07, 6.45) is 0. The summed E-state index contributed by atoms with van der Waals surface area (Å²) in [7, 11) is 0. The first-order valence-corrected chi connectivity index (χ1v) is 9.11. The largest absolute Gasteiger partial charge is 0.490 e. The summed E-state index contributed by atoms with van der Waals surface area (Å²) in [5.41, 5.74) is 5.35. The zero-order valence-electron chi connectivity index (χ0n) is 16.1. The summed E-state index contributed by atoms with van der Waals surface area (Å²) < 4.78 is 17.4. The van der Waals surface area contributed by atoms with E-state index in [1.54, 1.807) is 0 Å². The maximum absolute atomic E-state index is 5.80. The summed E-state index contributed by atoms with van der Waals surface area (Å²) in [6.45, 7) is 11.7. The number of hydrogen-bond donors (Lipinski definition) is 1. The molecule has 0 atom stereocenters. The van der Waals surface area contributed by atoms with Gasteiger partial charge in [-0.1, -0.05) is 0 Å². The molecule has 0 aliphatic carbocycles. The first-order chi connectivity index (χ1) is 12.6. The fraction of sp³-hybridized carbons (Fsp3) is 0.381. The van der Waals surface area contributed by atoms with Gasteiger partial charge in [-0.05, 0) is 70.0 Å². The van der Waals surface area contributed by atoms with Gasteiger partial charge in [0.15, 0.2) is 11.5 Å². The third-order valence-electron chi connectivity index (χ3n) is 4.28. The summed E-state index contributed by atoms with van der Waals surface area (Å²) in [5.74, 6) is 2.77. The number of fused-ring (bicyclic) bond motifs is 1. The summed E-state index contributed by atoms with van der Waals surface area (Å²) in [4.78, 5) is 8.16. The van der Waals surface area contributed by atoms with E-state index in [-0.39, 0.29) is 0 Å². The molecule has 0 fully saturated rings. The molecule has 1 heterocycles. The third-order valence-corrected chi connectivity index (χ3v) is 4.28. The monoisotopic (exact) mass is 354 g/mol. The van der Waals surface area contributed by atoms with E-state index in [0.29, 0.717) is 37.1 Å². The van der Waals surface area contributed by atoms with Crippen molar-refractivity contribution >= 4 is 11.0 Å². The van der Waals surface area contributed by atoms with E-state index in [2.05, 4.69) is 31.0 Å². The molecular formula is C21H26N2O3. The highest BCUT2D eigenvalue weighted by Crippen LogP contribution is 2.41. The zero-order chi connectivity index (χ0) is 18.7. The van der Waals surface area contributed by atoms with Crippen LogP contribution in [0.25, 0.3) is 22.4 Å². The van der Waals surface area contributed by atoms with Gasteiger partial charge in [0.2, 0.25) is 5.75 Å². The van der Waals surface area contributed by atoms with Crippen molar-refractivity contribution in [1.29, 1.82) is 0 Å². The van der Waals surface area contributed by atoms with Crippen molar-refractivity contribution < 1.29 is 14.2 Å². The lowest BCUT2D eigenvalue weighted by Gasteiger charge is -2.16. The summed E-state index contributed by atoms with van der Waals surface area (Å²) in [6, 6.07) is 8.14. The zero-order valence-corrected chi connectivity index (χ0v) is 16.1. The van der Waals surface area contributed by atoms with Crippen LogP contribution in [-0.2, 0) is 0 Å². The molecule has 0 aliphatic heterocycles. The number of nitrogens with zero attached hydrogens (tertiary/aromatic N) is 1. The van der Waals surface area contributed by atoms with Crippen molar-refractivity contribution in [3.05, 3.63) is 35.4 Å². The highest BCUT2D eigenvalue weighted by molar-refractivity contribution is 5.81. The number of aromatic amines is 1. The molecule has 0 saturated carbocycles. The van der Waals surface area contributed by atoms with Crippen molar-refractivity contribution in [3.8, 4) is 28.6 Å². The molecule has 5 heteroatoms. The molecule has 1 aromatic heterocycles. The van der Waals surface area contributed by atoms with Crippen LogP contribution in [0.3, 0.4) is 0 Å². The number of rotatable bonds is 7. The van der Waals surface area contributed by atoms with Gasteiger partial charge in [-0.3, -0.25) is 0 Å². The first-order valence-electron chi connectivity index (χ1n) is 9.11. The second-order valence-corrected chi connectivity index (χ2v) is 6.14. The van der Waals surface area contributed by atoms with E-state index < -0.39 is 0 Å². The minimum absolute atomic E-state index is 0.544. The second-order valence-electron chi connectivity index (χ2n) is 6.14. The molecule has 0 saturated heterocycles. The molecule has 0 bridgehead atoms. The molecule has 0 radical (unpaired) electrons. The number of imidazole rings is 1. The molecule has 138 valence electrons. The van der Waals surface area contributed by atoms with Crippen LogP contribution in [-0.4, -0.2) is 29.8 Å². The number of aromatic nitrogens is 2. The van der Waals surface area contributed by atoms with Gasteiger partial charge < -0.3 is 19.2 Å². The number of hydrogen-bond acceptors (Lipinski definition) is 4. The smallest absolute Gasteiger partial charge is 0.203 e. The minimum Gasteiger partial charge on any atom is -0.490 e. The lowest BCUT2D eigenvalue weighted by molar-refractivity contribution is 0.261. The number of H-pyrrole nitrogens is 1. The Bertz CT molecular complexity index is 849. The molecule has 1 N–H and O–H groups in total. The molecule has 0 unspecified atom stereocenters. The van der Waals surface area contributed by atoms with Crippen molar-refractivity contribution in [3.63, 3.8) is 0 Å². The van der Waals surface area contributed by atoms with Crippen LogP contribution < -0.4 is 14.2 Å². The van der Waals surface area contributed by atoms with Crippen molar-refractivity contribution in [1.82, 2.24) is 9.97 Å². The predicted molar refractivity (Wildman–Crippen MR) is 105 cm³/mol. The Balaban J connectivity index is 2.14. The minimum atomic E-state index is 0.544. The number of benzene rings is 2. The molecule has 0 aliphatic rings. The Kier molecular flexibility index (Phi) is 5.35. The molecule has 0 amide bonds. The molecule has 26 heavy (non-hydrogen) atoms. The average Bonchev–Trinajstić information content (AvgIpc) is 3.01. The van der Waals surface area contributed by atoms with Crippen LogP contribution in [0.4, 0.5) is 0 Å². The standard InChI is InChI=1S/C21H26N2O3/c1-6-24-18-11-15(12-19(25-7-2)20(18)26-8-3)21-22-16-9-13(4)14(5)10-17(16)23-21/h9-12H,6-8H2,1-5H3,(H,22,23). The Morgan fingerprint density at radius 2 is 1.38 bits per heavy atom. The van der Waals surface area contributed by atoms with Crippen molar-refractivity contribution in [2.24, 2.45) is 0 Å². The van der Waals surface area contributed by atoms with Gasteiger partial charge in [0.25, 0.3) is 0 Å². The van der Waals surface area contributed by atoms with E-state index in [4.69, 9.17) is 19.2 Å². The second kappa shape index (κ2) is 7.68. The maximum atomic E-state index is 5.80. The van der Waals surface area contributed by atoms with Crippen LogP contribution in [0.2, 0.25) is 0 Å². The van der Waals surface area contributed by atoms with Crippen LogP contribution >= 0.6 is 0 Å². The van der Waals surface area contributed by atoms with E-state index in [1.165, 1.54) is 11.1 Å². The van der Waals surface area contributed by atoms with Gasteiger partial charge in [0, 0.05) is 5.56 Å². The SMILES string of the molecule is CCOc1cc(-c2nc3cc(C)c(C)cc3[nH]2)cc(OCC)c1OCC. The first kappa shape index (κ1) is 18.1. The van der Waals surface area contributed by atoms with Crippen molar-refractivity contribution in [2.45, 2.75) is 34.6 Å². The maximum Gasteiger partial charge on any atom is 0.203 e. The van der Waals surface area contributed by atoms with Gasteiger partial charge in [-0.15, -0.1) is 0 Å². The van der Waals surface area contributed by atoms with Gasteiger partial charge in [0.1, 0.15) is 5.82 Å². The quantitative estimate of drug-likeness (QED) is 0.645. The third kappa shape index (κ3) is 3.47. The number of aryl methyl sites for hydroxylation is 2. The molecular weight excluding hydrogens is 328 g/mol. The lowest BCUT2D eigenvalue weighted by Crippen LogP contribution is -2.03. The Labute approximate surface area is 154 Å². The van der Waals surface area contributed by atoms with Crippen LogP contribution in [0.15, 0.2) is 24.3 Å². The lowest BCUT2D eigenvalue weighted by atomic mass is 10.1. The summed E-state index contributed by atoms with van der Waals surface area (Å²) >= 11 is 0. The molecule has 5 nitrogen and oxygen atoms in total. The van der Waals surface area contributed by atoms with Crippen LogP contribution in [0, 0.1) is 13.8 Å². The highest BCUT2D eigenvalue weighted by atomic mass is 16.5. The van der Waals surface area contributed by atoms with Gasteiger partial charge in [-0.25, -0.2) is 4.98 Å². The average molecular weight is 354 g/mol. The van der Waals surface area contributed by atoms with Crippen LogP contribution in [0.5, 0.6) is 17.2 Å². The molecule has 3 rings (SSSR count). The van der Waals surface area contributed by atoms with E-state index >= 15 is 0 Å². The van der Waals surface area contributed by atoms with Gasteiger partial charge in [-0.2, -0.15) is 0 Å². The Hall–Kier alpha value is -2.69. The number of ether oxygens (including phenoxy) is 3. The van der Waals surface area contributed by atoms with Gasteiger partial charge in [0.05, 0.1) is 30.9 Å². The molecule has 2 aromatic carbocycles. The fourth-order valence-corrected chi connectivity index (χ4v) is 2.93. The predicted octanol–water partition coefficient (Wildman–Crippen LogP) is 5.04. The highest BCUT2D eigenvalue weighted by Gasteiger charge is 2.17. The van der Waals surface area contributed by atoms with E-state index in [0.717, 1.165) is 22.4 Å². The van der Waals surface area contributed by atoms with Crippen LogP contribution in [0.1, 0.15) is 31.9 Å².